The van der Waals surface area contributed by atoms with Gasteiger partial charge in [-0.1, -0.05) is 48.1 Å². The van der Waals surface area contributed by atoms with Gasteiger partial charge in [-0.25, -0.2) is 0 Å². The largest absolute Gasteiger partial charge is 0.370 e. The molecule has 0 aliphatic carbocycles. The van der Waals surface area contributed by atoms with Gasteiger partial charge in [0, 0.05) is 4.43 Å². The molecule has 0 bridgehead atoms. The van der Waals surface area contributed by atoms with Crippen molar-refractivity contribution in [1.82, 2.24) is 0 Å². The van der Waals surface area contributed by atoms with E-state index in [-0.39, 0.29) is 0 Å². The van der Waals surface area contributed by atoms with E-state index in [4.69, 9.17) is 4.74 Å². The minimum Gasteiger partial charge on any atom is -0.370 e. The number of unbranched alkanes of at least 4 members (excludes halogenated alkanes) is 1. The van der Waals surface area contributed by atoms with Gasteiger partial charge in [-0.3, -0.25) is 0 Å². The zero-order valence-corrected chi connectivity index (χ0v) is 9.79. The topological polar surface area (TPSA) is 9.23 Å². The third-order valence-corrected chi connectivity index (χ3v) is 3.10. The Morgan fingerprint density at radius 3 is 2.92 bits per heavy atom. The summed E-state index contributed by atoms with van der Waals surface area (Å²) in [5.41, 5.74) is 0. The summed E-state index contributed by atoms with van der Waals surface area (Å²) in [5.74, 6) is 0. The fourth-order valence-electron chi connectivity index (χ4n) is 1.40. The van der Waals surface area contributed by atoms with Crippen LogP contribution in [-0.4, -0.2) is 16.6 Å². The van der Waals surface area contributed by atoms with E-state index in [0.29, 0.717) is 12.2 Å². The van der Waals surface area contributed by atoms with Crippen molar-refractivity contribution in [3.8, 4) is 0 Å². The lowest BCUT2D eigenvalue weighted by Gasteiger charge is -2.06. The summed E-state index contributed by atoms with van der Waals surface area (Å²) in [6.45, 7) is 2.20. The maximum absolute atomic E-state index is 5.76. The molecule has 2 atom stereocenters. The first-order valence-electron chi connectivity index (χ1n) is 4.75. The Hall–Kier alpha value is 0.430. The van der Waals surface area contributed by atoms with E-state index in [2.05, 4.69) is 41.7 Å². The second-order valence-corrected chi connectivity index (χ2v) is 4.13. The minimum absolute atomic E-state index is 0.413. The smallest absolute Gasteiger partial charge is 0.0760 e. The predicted octanol–water partition coefficient (Wildman–Crippen LogP) is 3.33. The summed E-state index contributed by atoms with van der Waals surface area (Å²) in [5, 5.41) is 0. The third-order valence-electron chi connectivity index (χ3n) is 2.12. The van der Waals surface area contributed by atoms with Crippen molar-refractivity contribution in [1.29, 1.82) is 0 Å². The van der Waals surface area contributed by atoms with Gasteiger partial charge in [0.15, 0.2) is 0 Å². The average Bonchev–Trinajstić information content (AvgIpc) is 2.53. The lowest BCUT2D eigenvalue weighted by molar-refractivity contribution is 0.0878. The van der Waals surface area contributed by atoms with Crippen LogP contribution in [0.15, 0.2) is 12.2 Å². The molecule has 1 fully saturated rings. The zero-order chi connectivity index (χ0) is 8.81. The Bertz CT molecular complexity index is 145. The van der Waals surface area contributed by atoms with E-state index < -0.39 is 0 Å². The van der Waals surface area contributed by atoms with E-state index in [9.17, 15) is 0 Å². The van der Waals surface area contributed by atoms with E-state index in [1.165, 1.54) is 25.7 Å². The monoisotopic (exact) mass is 280 g/mol. The normalized spacial score (nSPS) is 30.2. The summed E-state index contributed by atoms with van der Waals surface area (Å²) < 4.78 is 6.90. The van der Waals surface area contributed by atoms with Crippen molar-refractivity contribution in [2.45, 2.75) is 44.8 Å². The van der Waals surface area contributed by atoms with Crippen LogP contribution in [0.25, 0.3) is 0 Å². The Balaban J connectivity index is 2.18. The van der Waals surface area contributed by atoms with Crippen LogP contribution in [0.5, 0.6) is 0 Å². The van der Waals surface area contributed by atoms with Gasteiger partial charge in [0.2, 0.25) is 0 Å². The fourth-order valence-corrected chi connectivity index (χ4v) is 2.05. The molecule has 1 nitrogen and oxygen atoms in total. The summed E-state index contributed by atoms with van der Waals surface area (Å²) in [4.78, 5) is 0. The van der Waals surface area contributed by atoms with Crippen LogP contribution in [0.1, 0.15) is 32.6 Å². The fraction of sp³-hybridized carbons (Fsp3) is 0.800. The van der Waals surface area contributed by atoms with Crippen LogP contribution >= 0.6 is 22.6 Å². The molecule has 1 aliphatic rings. The SMILES string of the molecule is CCC/C=C/C1CCC(CI)O1. The molecule has 0 spiro atoms. The molecule has 0 saturated carbocycles. The van der Waals surface area contributed by atoms with Crippen molar-refractivity contribution in [3.05, 3.63) is 12.2 Å². The number of allylic oxidation sites excluding steroid dienone is 1. The number of hydrogen-bond donors (Lipinski definition) is 0. The summed E-state index contributed by atoms with van der Waals surface area (Å²) in [6, 6.07) is 0. The van der Waals surface area contributed by atoms with Gasteiger partial charge in [0.25, 0.3) is 0 Å². The molecule has 0 amide bonds. The molecule has 1 rings (SSSR count). The van der Waals surface area contributed by atoms with Crippen LogP contribution in [0.2, 0.25) is 0 Å². The van der Waals surface area contributed by atoms with Gasteiger partial charge in [-0.05, 0) is 19.3 Å². The molecule has 0 radical (unpaired) electrons. The molecular weight excluding hydrogens is 263 g/mol. The Labute approximate surface area is 88.7 Å². The van der Waals surface area contributed by atoms with Crippen LogP contribution in [-0.2, 0) is 4.74 Å². The first-order valence-corrected chi connectivity index (χ1v) is 6.27. The summed E-state index contributed by atoms with van der Waals surface area (Å²) >= 11 is 2.40. The molecule has 0 aromatic rings. The molecule has 1 aliphatic heterocycles. The van der Waals surface area contributed by atoms with Crippen molar-refractivity contribution >= 4 is 22.6 Å². The lowest BCUT2D eigenvalue weighted by Crippen LogP contribution is -2.09. The molecule has 0 N–H and O–H groups in total. The molecule has 70 valence electrons. The van der Waals surface area contributed by atoms with Gasteiger partial charge in [-0.15, -0.1) is 0 Å². The Kier molecular flexibility index (Phi) is 5.23. The quantitative estimate of drug-likeness (QED) is 0.436. The highest BCUT2D eigenvalue weighted by molar-refractivity contribution is 14.1. The van der Waals surface area contributed by atoms with E-state index in [1.807, 2.05) is 0 Å². The van der Waals surface area contributed by atoms with Crippen molar-refractivity contribution in [2.24, 2.45) is 0 Å². The van der Waals surface area contributed by atoms with Gasteiger partial charge in [0.05, 0.1) is 12.2 Å². The standard InChI is InChI=1S/C10H17IO/c1-2-3-4-5-9-6-7-10(8-11)12-9/h4-5,9-10H,2-3,6-8H2,1H3/b5-4+. The van der Waals surface area contributed by atoms with Crippen LogP contribution in [0.3, 0.4) is 0 Å². The number of hydrogen-bond acceptors (Lipinski definition) is 1. The molecule has 2 unspecified atom stereocenters. The molecule has 1 saturated heterocycles. The Morgan fingerprint density at radius 2 is 2.33 bits per heavy atom. The van der Waals surface area contributed by atoms with Crippen LogP contribution in [0, 0.1) is 0 Å². The summed E-state index contributed by atoms with van der Waals surface area (Å²) in [6.07, 6.45) is 10.3. The predicted molar refractivity (Wildman–Crippen MR) is 60.8 cm³/mol. The first kappa shape index (κ1) is 10.5. The average molecular weight is 280 g/mol. The third kappa shape index (κ3) is 3.44. The second kappa shape index (κ2) is 5.97. The molecule has 1 heterocycles. The van der Waals surface area contributed by atoms with Crippen LogP contribution in [0.4, 0.5) is 0 Å². The molecule has 2 heteroatoms. The number of ether oxygens (including phenoxy) is 1. The highest BCUT2D eigenvalue weighted by Crippen LogP contribution is 2.22. The van der Waals surface area contributed by atoms with Gasteiger partial charge >= 0.3 is 0 Å². The van der Waals surface area contributed by atoms with Crippen molar-refractivity contribution < 1.29 is 4.74 Å². The van der Waals surface area contributed by atoms with Crippen molar-refractivity contribution in [2.75, 3.05) is 4.43 Å². The highest BCUT2D eigenvalue weighted by Gasteiger charge is 2.21. The van der Waals surface area contributed by atoms with Gasteiger partial charge in [-0.2, -0.15) is 0 Å². The molecule has 0 aromatic heterocycles. The van der Waals surface area contributed by atoms with Gasteiger partial charge in [0.1, 0.15) is 0 Å². The highest BCUT2D eigenvalue weighted by atomic mass is 127. The first-order chi connectivity index (χ1) is 5.86. The number of halogens is 1. The number of alkyl halides is 1. The van der Waals surface area contributed by atoms with E-state index in [1.54, 1.807) is 0 Å². The number of rotatable bonds is 4. The zero-order valence-electron chi connectivity index (χ0n) is 7.63. The van der Waals surface area contributed by atoms with E-state index >= 15 is 0 Å². The Morgan fingerprint density at radius 1 is 1.50 bits per heavy atom. The maximum atomic E-state index is 5.76. The molecule has 0 aromatic carbocycles. The van der Waals surface area contributed by atoms with Crippen LogP contribution < -0.4 is 0 Å². The van der Waals surface area contributed by atoms with Crippen molar-refractivity contribution in [3.63, 3.8) is 0 Å². The van der Waals surface area contributed by atoms with E-state index in [0.717, 1.165) is 4.43 Å². The molecular formula is C10H17IO. The second-order valence-electron chi connectivity index (χ2n) is 3.25. The summed E-state index contributed by atoms with van der Waals surface area (Å²) in [7, 11) is 0. The lowest BCUT2D eigenvalue weighted by atomic mass is 10.2. The minimum atomic E-state index is 0.413. The molecule has 12 heavy (non-hydrogen) atoms. The maximum Gasteiger partial charge on any atom is 0.0760 e. The van der Waals surface area contributed by atoms with Gasteiger partial charge < -0.3 is 4.74 Å².